The Hall–Kier alpha value is -0.870. The molecule has 1 fully saturated rings. The third-order valence-electron chi connectivity index (χ3n) is 3.93. The lowest BCUT2D eigenvalue weighted by Gasteiger charge is -2.34. The van der Waals surface area contributed by atoms with E-state index in [0.717, 1.165) is 25.7 Å². The molecule has 0 bridgehead atoms. The van der Waals surface area contributed by atoms with Crippen LogP contribution in [0.3, 0.4) is 0 Å². The van der Waals surface area contributed by atoms with Crippen molar-refractivity contribution in [3.05, 3.63) is 18.7 Å². The second-order valence-electron chi connectivity index (χ2n) is 5.27. The number of nitrogens with zero attached hydrogens (tertiary/aromatic N) is 3. The number of aromatic nitrogens is 2. The molecule has 4 heteroatoms. The van der Waals surface area contributed by atoms with Gasteiger partial charge in [-0.15, -0.1) is 0 Å². The first-order chi connectivity index (χ1) is 8.90. The molecule has 0 radical (unpaired) electrons. The van der Waals surface area contributed by atoms with Crippen molar-refractivity contribution in [2.75, 3.05) is 19.6 Å². The van der Waals surface area contributed by atoms with Crippen molar-refractivity contribution >= 4 is 0 Å². The first-order valence-corrected chi connectivity index (χ1v) is 7.30. The van der Waals surface area contributed by atoms with Crippen LogP contribution in [0, 0.1) is 0 Å². The SMILES string of the molecule is NCCN(CCCn1ccnc1)C1CCCCC1. The molecule has 102 valence electrons. The predicted molar refractivity (Wildman–Crippen MR) is 74.3 cm³/mol. The van der Waals surface area contributed by atoms with Crippen LogP contribution in [-0.4, -0.2) is 40.1 Å². The molecule has 2 rings (SSSR count). The number of hydrogen-bond donors (Lipinski definition) is 1. The van der Waals surface area contributed by atoms with Gasteiger partial charge in [-0.3, -0.25) is 4.90 Å². The minimum Gasteiger partial charge on any atom is -0.337 e. The Labute approximate surface area is 110 Å². The monoisotopic (exact) mass is 250 g/mol. The van der Waals surface area contributed by atoms with Crippen LogP contribution in [-0.2, 0) is 6.54 Å². The lowest BCUT2D eigenvalue weighted by atomic mass is 9.94. The maximum atomic E-state index is 5.75. The molecule has 1 aliphatic rings. The molecule has 1 aromatic heterocycles. The zero-order chi connectivity index (χ0) is 12.6. The zero-order valence-corrected chi connectivity index (χ0v) is 11.3. The second kappa shape index (κ2) is 7.54. The number of nitrogens with two attached hydrogens (primary N) is 1. The summed E-state index contributed by atoms with van der Waals surface area (Å²) in [5.74, 6) is 0. The highest BCUT2D eigenvalue weighted by Gasteiger charge is 2.19. The maximum absolute atomic E-state index is 5.75. The molecule has 0 saturated heterocycles. The molecule has 0 aliphatic heterocycles. The molecule has 1 aromatic rings. The Kier molecular flexibility index (Phi) is 5.68. The van der Waals surface area contributed by atoms with E-state index in [9.17, 15) is 0 Å². The van der Waals surface area contributed by atoms with Crippen LogP contribution in [0.4, 0.5) is 0 Å². The quantitative estimate of drug-likeness (QED) is 0.803. The molecular weight excluding hydrogens is 224 g/mol. The van der Waals surface area contributed by atoms with Crippen molar-refractivity contribution in [2.45, 2.75) is 51.1 Å². The van der Waals surface area contributed by atoms with Gasteiger partial charge in [-0.25, -0.2) is 4.98 Å². The number of imidazole rings is 1. The average molecular weight is 250 g/mol. The van der Waals surface area contributed by atoms with Crippen molar-refractivity contribution < 1.29 is 0 Å². The van der Waals surface area contributed by atoms with Gasteiger partial charge < -0.3 is 10.3 Å². The first-order valence-electron chi connectivity index (χ1n) is 7.30. The number of rotatable bonds is 7. The molecule has 18 heavy (non-hydrogen) atoms. The average Bonchev–Trinajstić information content (AvgIpc) is 2.92. The fraction of sp³-hybridized carbons (Fsp3) is 0.786. The van der Waals surface area contributed by atoms with E-state index >= 15 is 0 Å². The van der Waals surface area contributed by atoms with Crippen LogP contribution in [0.25, 0.3) is 0 Å². The summed E-state index contributed by atoms with van der Waals surface area (Å²) in [6.07, 6.45) is 13.9. The molecule has 1 heterocycles. The number of aryl methyl sites for hydroxylation is 1. The van der Waals surface area contributed by atoms with Crippen LogP contribution < -0.4 is 5.73 Å². The van der Waals surface area contributed by atoms with Gasteiger partial charge >= 0.3 is 0 Å². The van der Waals surface area contributed by atoms with Crippen molar-refractivity contribution in [1.29, 1.82) is 0 Å². The third-order valence-corrected chi connectivity index (χ3v) is 3.93. The van der Waals surface area contributed by atoms with Gasteiger partial charge in [0.25, 0.3) is 0 Å². The van der Waals surface area contributed by atoms with Gasteiger partial charge in [0.2, 0.25) is 0 Å². The van der Waals surface area contributed by atoms with E-state index in [2.05, 4.69) is 14.5 Å². The number of hydrogen-bond acceptors (Lipinski definition) is 3. The van der Waals surface area contributed by atoms with Gasteiger partial charge in [0.1, 0.15) is 0 Å². The minimum absolute atomic E-state index is 0.779. The van der Waals surface area contributed by atoms with Crippen LogP contribution >= 0.6 is 0 Å². The van der Waals surface area contributed by atoms with Gasteiger partial charge in [-0.2, -0.15) is 0 Å². The van der Waals surface area contributed by atoms with Crippen molar-refractivity contribution in [2.24, 2.45) is 5.73 Å². The lowest BCUT2D eigenvalue weighted by molar-refractivity contribution is 0.156. The van der Waals surface area contributed by atoms with Crippen LogP contribution in [0.1, 0.15) is 38.5 Å². The van der Waals surface area contributed by atoms with E-state index in [1.54, 1.807) is 0 Å². The van der Waals surface area contributed by atoms with Crippen LogP contribution in [0.5, 0.6) is 0 Å². The molecule has 1 aliphatic carbocycles. The van der Waals surface area contributed by atoms with Gasteiger partial charge in [-0.05, 0) is 19.3 Å². The first kappa shape index (κ1) is 13.6. The molecule has 0 atom stereocenters. The Morgan fingerprint density at radius 3 is 2.72 bits per heavy atom. The normalized spacial score (nSPS) is 17.4. The highest BCUT2D eigenvalue weighted by Crippen LogP contribution is 2.22. The smallest absolute Gasteiger partial charge is 0.0945 e. The molecule has 4 nitrogen and oxygen atoms in total. The summed E-state index contributed by atoms with van der Waals surface area (Å²) in [7, 11) is 0. The van der Waals surface area contributed by atoms with E-state index in [1.165, 1.54) is 45.1 Å². The molecule has 0 spiro atoms. The molecule has 0 aromatic carbocycles. The molecule has 1 saturated carbocycles. The maximum Gasteiger partial charge on any atom is 0.0945 e. The fourth-order valence-corrected chi connectivity index (χ4v) is 2.96. The van der Waals surface area contributed by atoms with E-state index in [-0.39, 0.29) is 0 Å². The Morgan fingerprint density at radius 1 is 1.22 bits per heavy atom. The zero-order valence-electron chi connectivity index (χ0n) is 11.3. The summed E-state index contributed by atoms with van der Waals surface area (Å²) >= 11 is 0. The Morgan fingerprint density at radius 2 is 2.06 bits per heavy atom. The van der Waals surface area contributed by atoms with Crippen LogP contribution in [0.15, 0.2) is 18.7 Å². The van der Waals surface area contributed by atoms with Gasteiger partial charge in [0, 0.05) is 44.6 Å². The highest BCUT2D eigenvalue weighted by molar-refractivity contribution is 4.77. The Balaban J connectivity index is 1.74. The van der Waals surface area contributed by atoms with Crippen molar-refractivity contribution in [3.8, 4) is 0 Å². The lowest BCUT2D eigenvalue weighted by Crippen LogP contribution is -2.40. The highest BCUT2D eigenvalue weighted by atomic mass is 15.2. The van der Waals surface area contributed by atoms with Gasteiger partial charge in [0.15, 0.2) is 0 Å². The van der Waals surface area contributed by atoms with E-state index < -0.39 is 0 Å². The summed E-state index contributed by atoms with van der Waals surface area (Å²) in [5, 5.41) is 0. The fourth-order valence-electron chi connectivity index (χ4n) is 2.96. The summed E-state index contributed by atoms with van der Waals surface area (Å²) in [5.41, 5.74) is 5.75. The predicted octanol–water partition coefficient (Wildman–Crippen LogP) is 1.87. The summed E-state index contributed by atoms with van der Waals surface area (Å²) in [4.78, 5) is 6.68. The Bertz CT molecular complexity index is 304. The van der Waals surface area contributed by atoms with Crippen molar-refractivity contribution in [1.82, 2.24) is 14.5 Å². The molecule has 0 unspecified atom stereocenters. The standard InChI is InChI=1S/C14H26N4/c15-7-11-18(14-5-2-1-3-6-14)10-4-9-17-12-8-16-13-17/h8,12-14H,1-7,9-11,15H2. The van der Waals surface area contributed by atoms with Gasteiger partial charge in [-0.1, -0.05) is 19.3 Å². The van der Waals surface area contributed by atoms with E-state index in [4.69, 9.17) is 5.73 Å². The molecular formula is C14H26N4. The van der Waals surface area contributed by atoms with E-state index in [0.29, 0.717) is 0 Å². The topological polar surface area (TPSA) is 47.1 Å². The third kappa shape index (κ3) is 4.10. The second-order valence-corrected chi connectivity index (χ2v) is 5.27. The summed E-state index contributed by atoms with van der Waals surface area (Å²) in [6, 6.07) is 0.782. The van der Waals surface area contributed by atoms with E-state index in [1.807, 2.05) is 18.7 Å². The van der Waals surface area contributed by atoms with Crippen LogP contribution in [0.2, 0.25) is 0 Å². The van der Waals surface area contributed by atoms with Crippen molar-refractivity contribution in [3.63, 3.8) is 0 Å². The summed E-state index contributed by atoms with van der Waals surface area (Å²) < 4.78 is 2.15. The molecule has 2 N–H and O–H groups in total. The molecule has 0 amide bonds. The minimum atomic E-state index is 0.779. The van der Waals surface area contributed by atoms with Gasteiger partial charge in [0.05, 0.1) is 6.33 Å². The largest absolute Gasteiger partial charge is 0.337 e. The summed E-state index contributed by atoms with van der Waals surface area (Å²) in [6.45, 7) is 4.06.